The summed E-state index contributed by atoms with van der Waals surface area (Å²) in [7, 11) is 1.61. The number of hydrogen-bond acceptors (Lipinski definition) is 5. The molecule has 0 aliphatic carbocycles. The van der Waals surface area contributed by atoms with E-state index in [1.165, 1.54) is 0 Å². The van der Waals surface area contributed by atoms with Gasteiger partial charge in [-0.2, -0.15) is 0 Å². The summed E-state index contributed by atoms with van der Waals surface area (Å²) in [6.45, 7) is 8.10. The Balaban J connectivity index is 1.69. The van der Waals surface area contributed by atoms with Gasteiger partial charge in [-0.1, -0.05) is 12.1 Å². The molecule has 0 atom stereocenters. The Morgan fingerprint density at radius 3 is 2.55 bits per heavy atom. The van der Waals surface area contributed by atoms with Crippen molar-refractivity contribution in [2.45, 2.75) is 51.8 Å². The van der Waals surface area contributed by atoms with Gasteiger partial charge in [-0.15, -0.1) is 0 Å². The summed E-state index contributed by atoms with van der Waals surface area (Å²) in [5, 5.41) is 5.70. The van der Waals surface area contributed by atoms with Crippen molar-refractivity contribution in [3.05, 3.63) is 30.1 Å². The number of benzene rings is 1. The number of nitrogens with one attached hydrogen (secondary N) is 2. The molecule has 3 amide bonds. The first-order chi connectivity index (χ1) is 14.8. The number of carbonyl (C=O) groups is 2. The highest BCUT2D eigenvalue weighted by molar-refractivity contribution is 5.76. The van der Waals surface area contributed by atoms with Crippen LogP contribution in [0.1, 0.15) is 45.5 Å². The van der Waals surface area contributed by atoms with E-state index in [4.69, 9.17) is 14.5 Å². The normalized spacial score (nSPS) is 15.2. The Kier molecular flexibility index (Phi) is 7.37. The fraction of sp³-hybridized carbons (Fsp3) is 0.591. The number of carbonyl (C=O) groups excluding carboxylic acids is 2. The van der Waals surface area contributed by atoms with Crippen LogP contribution in [0.3, 0.4) is 0 Å². The minimum Gasteiger partial charge on any atom is -0.444 e. The van der Waals surface area contributed by atoms with Gasteiger partial charge < -0.3 is 29.6 Å². The van der Waals surface area contributed by atoms with Crippen LogP contribution in [-0.4, -0.2) is 65.5 Å². The van der Waals surface area contributed by atoms with Crippen LogP contribution in [-0.2, 0) is 16.0 Å². The molecule has 170 valence electrons. The average molecular weight is 432 g/mol. The van der Waals surface area contributed by atoms with Gasteiger partial charge in [-0.3, -0.25) is 0 Å². The van der Waals surface area contributed by atoms with E-state index in [0.29, 0.717) is 26.2 Å². The molecule has 0 spiro atoms. The number of ether oxygens (including phenoxy) is 2. The monoisotopic (exact) mass is 431 g/mol. The number of imidazole rings is 1. The van der Waals surface area contributed by atoms with Crippen molar-refractivity contribution in [2.24, 2.45) is 0 Å². The fourth-order valence-corrected chi connectivity index (χ4v) is 3.79. The highest BCUT2D eigenvalue weighted by Crippen LogP contribution is 2.29. The number of nitrogens with zero attached hydrogens (tertiary/aromatic N) is 3. The van der Waals surface area contributed by atoms with E-state index in [2.05, 4.69) is 15.2 Å². The molecular formula is C22H33N5O4. The molecule has 2 aromatic rings. The van der Waals surface area contributed by atoms with Gasteiger partial charge in [0, 0.05) is 32.8 Å². The zero-order chi connectivity index (χ0) is 22.4. The highest BCUT2D eigenvalue weighted by Gasteiger charge is 2.27. The maximum absolute atomic E-state index is 12.3. The molecule has 1 saturated heterocycles. The molecule has 31 heavy (non-hydrogen) atoms. The summed E-state index contributed by atoms with van der Waals surface area (Å²) in [6.07, 6.45) is 1.17. The number of aromatic nitrogens is 2. The Bertz CT molecular complexity index is 897. The standard InChI is InChI=1S/C22H33N5O4/c1-22(2,3)31-21(29)24-15-19-25-17-7-5-6-8-18(17)27(19)16-9-12-26(13-10-16)20(28)23-11-14-30-4/h5-8,16H,9-15H2,1-4H3,(H,23,28)(H,24,29). The second-order valence-corrected chi connectivity index (χ2v) is 8.69. The molecule has 1 aliphatic heterocycles. The topological polar surface area (TPSA) is 97.7 Å². The van der Waals surface area contributed by atoms with Crippen molar-refractivity contribution in [1.82, 2.24) is 25.1 Å². The average Bonchev–Trinajstić information content (AvgIpc) is 3.09. The number of piperidine rings is 1. The van der Waals surface area contributed by atoms with Crippen LogP contribution >= 0.6 is 0 Å². The molecular weight excluding hydrogens is 398 g/mol. The van der Waals surface area contributed by atoms with Crippen LogP contribution in [0.5, 0.6) is 0 Å². The lowest BCUT2D eigenvalue weighted by molar-refractivity contribution is 0.0521. The highest BCUT2D eigenvalue weighted by atomic mass is 16.6. The van der Waals surface area contributed by atoms with Crippen molar-refractivity contribution in [3.63, 3.8) is 0 Å². The first-order valence-electron chi connectivity index (χ1n) is 10.7. The number of para-hydroxylation sites is 2. The fourth-order valence-electron chi connectivity index (χ4n) is 3.79. The van der Waals surface area contributed by atoms with Gasteiger partial charge in [0.25, 0.3) is 0 Å². The van der Waals surface area contributed by atoms with E-state index < -0.39 is 11.7 Å². The maximum Gasteiger partial charge on any atom is 0.408 e. The smallest absolute Gasteiger partial charge is 0.408 e. The van der Waals surface area contributed by atoms with Gasteiger partial charge in [-0.25, -0.2) is 14.6 Å². The van der Waals surface area contributed by atoms with Gasteiger partial charge >= 0.3 is 12.1 Å². The van der Waals surface area contributed by atoms with Gasteiger partial charge in [0.15, 0.2) is 0 Å². The van der Waals surface area contributed by atoms with Crippen molar-refractivity contribution in [1.29, 1.82) is 0 Å². The number of urea groups is 1. The SMILES string of the molecule is COCCNC(=O)N1CCC(n2c(CNC(=O)OC(C)(C)C)nc3ccccc32)CC1. The van der Waals surface area contributed by atoms with E-state index >= 15 is 0 Å². The van der Waals surface area contributed by atoms with E-state index in [1.54, 1.807) is 7.11 Å². The summed E-state index contributed by atoms with van der Waals surface area (Å²) < 4.78 is 12.5. The van der Waals surface area contributed by atoms with E-state index in [9.17, 15) is 9.59 Å². The largest absolute Gasteiger partial charge is 0.444 e. The number of methoxy groups -OCH3 is 1. The number of likely N-dealkylation sites (tertiary alicyclic amines) is 1. The third-order valence-corrected chi connectivity index (χ3v) is 5.16. The van der Waals surface area contributed by atoms with Crippen LogP contribution in [0.2, 0.25) is 0 Å². The first kappa shape index (κ1) is 22.9. The first-order valence-corrected chi connectivity index (χ1v) is 10.7. The molecule has 0 unspecified atom stereocenters. The number of hydrogen-bond donors (Lipinski definition) is 2. The number of amides is 3. The Labute approximate surface area is 183 Å². The van der Waals surface area contributed by atoms with Crippen LogP contribution < -0.4 is 10.6 Å². The molecule has 1 aromatic heterocycles. The number of alkyl carbamates (subject to hydrolysis) is 1. The predicted octanol–water partition coefficient (Wildman–Crippen LogP) is 3.05. The molecule has 3 rings (SSSR count). The van der Waals surface area contributed by atoms with Crippen molar-refractivity contribution >= 4 is 23.2 Å². The third-order valence-electron chi connectivity index (χ3n) is 5.16. The van der Waals surface area contributed by atoms with Crippen LogP contribution in [0, 0.1) is 0 Å². The second kappa shape index (κ2) is 10.00. The van der Waals surface area contributed by atoms with Gasteiger partial charge in [-0.05, 0) is 45.7 Å². The summed E-state index contributed by atoms with van der Waals surface area (Å²) in [5.41, 5.74) is 1.37. The van der Waals surface area contributed by atoms with Gasteiger partial charge in [0.1, 0.15) is 11.4 Å². The molecule has 9 heteroatoms. The predicted molar refractivity (Wildman–Crippen MR) is 118 cm³/mol. The lowest BCUT2D eigenvalue weighted by Crippen LogP contribution is -2.45. The lowest BCUT2D eigenvalue weighted by atomic mass is 10.0. The quantitative estimate of drug-likeness (QED) is 0.685. The number of rotatable bonds is 6. The van der Waals surface area contributed by atoms with Gasteiger partial charge in [0.05, 0.1) is 24.2 Å². The van der Waals surface area contributed by atoms with Crippen molar-refractivity contribution in [3.8, 4) is 0 Å². The lowest BCUT2D eigenvalue weighted by Gasteiger charge is -2.33. The second-order valence-electron chi connectivity index (χ2n) is 8.69. The summed E-state index contributed by atoms with van der Waals surface area (Å²) in [5.74, 6) is 0.787. The zero-order valence-electron chi connectivity index (χ0n) is 18.8. The zero-order valence-corrected chi connectivity index (χ0v) is 18.8. The molecule has 0 radical (unpaired) electrons. The van der Waals surface area contributed by atoms with Gasteiger partial charge in [0.2, 0.25) is 0 Å². The minimum atomic E-state index is -0.555. The molecule has 1 fully saturated rings. The summed E-state index contributed by atoms with van der Waals surface area (Å²) >= 11 is 0. The molecule has 2 heterocycles. The molecule has 0 saturated carbocycles. The maximum atomic E-state index is 12.3. The minimum absolute atomic E-state index is 0.0576. The van der Waals surface area contributed by atoms with E-state index in [-0.39, 0.29) is 18.6 Å². The van der Waals surface area contributed by atoms with E-state index in [0.717, 1.165) is 29.7 Å². The van der Waals surface area contributed by atoms with Crippen molar-refractivity contribution < 1.29 is 19.1 Å². The number of fused-ring (bicyclic) bond motifs is 1. The van der Waals surface area contributed by atoms with Crippen LogP contribution in [0.15, 0.2) is 24.3 Å². The molecule has 2 N–H and O–H groups in total. The Hall–Kier alpha value is -2.81. The van der Waals surface area contributed by atoms with Crippen molar-refractivity contribution in [2.75, 3.05) is 33.4 Å². The Morgan fingerprint density at radius 1 is 1.16 bits per heavy atom. The molecule has 1 aromatic carbocycles. The summed E-state index contributed by atoms with van der Waals surface area (Å²) in [6, 6.07) is 8.11. The van der Waals surface area contributed by atoms with E-state index in [1.807, 2.05) is 49.9 Å². The van der Waals surface area contributed by atoms with Crippen LogP contribution in [0.4, 0.5) is 9.59 Å². The van der Waals surface area contributed by atoms with Crippen LogP contribution in [0.25, 0.3) is 11.0 Å². The molecule has 9 nitrogen and oxygen atoms in total. The Morgan fingerprint density at radius 2 is 1.87 bits per heavy atom. The molecule has 1 aliphatic rings. The molecule has 0 bridgehead atoms. The third kappa shape index (κ3) is 6.10. The summed E-state index contributed by atoms with van der Waals surface area (Å²) in [4.78, 5) is 31.0.